The van der Waals surface area contributed by atoms with Gasteiger partial charge in [-0.05, 0) is 39.0 Å². The van der Waals surface area contributed by atoms with Crippen LogP contribution in [0.3, 0.4) is 0 Å². The lowest BCUT2D eigenvalue weighted by Gasteiger charge is -2.18. The van der Waals surface area contributed by atoms with E-state index in [4.69, 9.17) is 10.5 Å². The first-order valence-electron chi connectivity index (χ1n) is 5.79. The molecule has 102 valence electrons. The van der Waals surface area contributed by atoms with Gasteiger partial charge in [0.25, 0.3) is 0 Å². The number of benzene rings is 1. The Morgan fingerprint density at radius 2 is 2.16 bits per heavy atom. The van der Waals surface area contributed by atoms with Crippen LogP contribution in [0.15, 0.2) is 18.2 Å². The number of carbonyl (C=O) groups is 1. The maximum atomic E-state index is 13.1. The van der Waals surface area contributed by atoms with E-state index in [0.29, 0.717) is 5.56 Å². The molecule has 0 saturated carbocycles. The van der Waals surface area contributed by atoms with Crippen molar-refractivity contribution >= 4 is 11.8 Å². The highest BCUT2D eigenvalue weighted by Crippen LogP contribution is 2.10. The zero-order valence-electron chi connectivity index (χ0n) is 11.2. The van der Waals surface area contributed by atoms with Crippen molar-refractivity contribution in [2.75, 3.05) is 12.3 Å². The first-order valence-corrected chi connectivity index (χ1v) is 5.79. The molecular weight excluding hydrogens is 247 g/mol. The second kappa shape index (κ2) is 6.10. The van der Waals surface area contributed by atoms with Crippen molar-refractivity contribution in [1.29, 1.82) is 0 Å². The summed E-state index contributed by atoms with van der Waals surface area (Å²) in [5.74, 6) is 4.90. The monoisotopic (exact) mass is 264 g/mol. The molecule has 1 rings (SSSR count). The van der Waals surface area contributed by atoms with Crippen molar-refractivity contribution in [2.24, 2.45) is 0 Å². The SMILES string of the molecule is CC(C)(C)OC(=O)NCC#Cc1ccc(N)c(F)c1. The number of nitrogen functional groups attached to an aromatic ring is 1. The molecule has 0 saturated heterocycles. The van der Waals surface area contributed by atoms with Crippen molar-refractivity contribution in [2.45, 2.75) is 26.4 Å². The van der Waals surface area contributed by atoms with Crippen LogP contribution in [0.25, 0.3) is 0 Å². The van der Waals surface area contributed by atoms with Crippen LogP contribution in [0.1, 0.15) is 26.3 Å². The van der Waals surface area contributed by atoms with Gasteiger partial charge in [-0.2, -0.15) is 0 Å². The van der Waals surface area contributed by atoms with E-state index in [1.165, 1.54) is 12.1 Å². The molecule has 5 heteroatoms. The van der Waals surface area contributed by atoms with E-state index < -0.39 is 17.5 Å². The topological polar surface area (TPSA) is 64.3 Å². The highest BCUT2D eigenvalue weighted by atomic mass is 19.1. The predicted octanol–water partition coefficient (Wildman–Crippen LogP) is 2.28. The lowest BCUT2D eigenvalue weighted by molar-refractivity contribution is 0.0535. The average Bonchev–Trinajstić information content (AvgIpc) is 2.27. The lowest BCUT2D eigenvalue weighted by atomic mass is 10.2. The molecule has 19 heavy (non-hydrogen) atoms. The molecule has 0 aromatic heterocycles. The number of carbonyl (C=O) groups excluding carboxylic acids is 1. The summed E-state index contributed by atoms with van der Waals surface area (Å²) in [5.41, 5.74) is 5.38. The summed E-state index contributed by atoms with van der Waals surface area (Å²) < 4.78 is 18.2. The Hall–Kier alpha value is -2.22. The van der Waals surface area contributed by atoms with Gasteiger partial charge < -0.3 is 15.8 Å². The summed E-state index contributed by atoms with van der Waals surface area (Å²) in [7, 11) is 0. The fraction of sp³-hybridized carbons (Fsp3) is 0.357. The van der Waals surface area contributed by atoms with E-state index in [2.05, 4.69) is 17.2 Å². The van der Waals surface area contributed by atoms with E-state index in [1.54, 1.807) is 26.8 Å². The quantitative estimate of drug-likeness (QED) is 0.604. The van der Waals surface area contributed by atoms with Crippen LogP contribution >= 0.6 is 0 Å². The van der Waals surface area contributed by atoms with Gasteiger partial charge in [0, 0.05) is 5.56 Å². The van der Waals surface area contributed by atoms with Crippen LogP contribution in [-0.2, 0) is 4.74 Å². The number of nitrogens with one attached hydrogen (secondary N) is 1. The zero-order chi connectivity index (χ0) is 14.5. The van der Waals surface area contributed by atoms with Crippen molar-refractivity contribution in [3.63, 3.8) is 0 Å². The minimum atomic E-state index is -0.544. The largest absolute Gasteiger partial charge is 0.444 e. The van der Waals surface area contributed by atoms with Crippen molar-refractivity contribution in [1.82, 2.24) is 5.32 Å². The van der Waals surface area contributed by atoms with Crippen molar-refractivity contribution in [3.05, 3.63) is 29.6 Å². The Morgan fingerprint density at radius 3 is 2.74 bits per heavy atom. The van der Waals surface area contributed by atoms with E-state index in [-0.39, 0.29) is 12.2 Å². The summed E-state index contributed by atoms with van der Waals surface area (Å²) in [5, 5.41) is 2.48. The van der Waals surface area contributed by atoms with Gasteiger partial charge in [0.2, 0.25) is 0 Å². The molecule has 1 amide bonds. The van der Waals surface area contributed by atoms with Crippen LogP contribution in [0.2, 0.25) is 0 Å². The second-order valence-corrected chi connectivity index (χ2v) is 4.89. The molecule has 4 nitrogen and oxygen atoms in total. The molecule has 1 aromatic rings. The number of halogens is 1. The minimum absolute atomic E-state index is 0.0810. The van der Waals surface area contributed by atoms with Gasteiger partial charge in [0.15, 0.2) is 0 Å². The summed E-state index contributed by atoms with van der Waals surface area (Å²) >= 11 is 0. The van der Waals surface area contributed by atoms with Gasteiger partial charge in [-0.15, -0.1) is 0 Å². The molecule has 0 radical (unpaired) electrons. The summed E-state index contributed by atoms with van der Waals surface area (Å²) in [6.45, 7) is 5.45. The van der Waals surface area contributed by atoms with Crippen LogP contribution in [0.4, 0.5) is 14.9 Å². The molecule has 0 bridgehead atoms. The summed E-state index contributed by atoms with van der Waals surface area (Å²) in [6, 6.07) is 4.30. The lowest BCUT2D eigenvalue weighted by Crippen LogP contribution is -2.32. The molecule has 0 atom stereocenters. The molecule has 0 fully saturated rings. The molecule has 0 aliphatic carbocycles. The fourth-order valence-corrected chi connectivity index (χ4v) is 1.18. The van der Waals surface area contributed by atoms with Gasteiger partial charge in [-0.25, -0.2) is 9.18 Å². The smallest absolute Gasteiger partial charge is 0.408 e. The highest BCUT2D eigenvalue weighted by molar-refractivity contribution is 5.68. The zero-order valence-corrected chi connectivity index (χ0v) is 11.2. The third-order valence-electron chi connectivity index (χ3n) is 1.95. The maximum Gasteiger partial charge on any atom is 0.408 e. The molecule has 0 aliphatic rings. The van der Waals surface area contributed by atoms with E-state index in [0.717, 1.165) is 0 Å². The molecule has 0 heterocycles. The first kappa shape index (κ1) is 14.8. The number of nitrogens with two attached hydrogens (primary N) is 1. The predicted molar refractivity (Wildman–Crippen MR) is 71.9 cm³/mol. The van der Waals surface area contributed by atoms with Crippen molar-refractivity contribution < 1.29 is 13.9 Å². The summed E-state index contributed by atoms with van der Waals surface area (Å²) in [6.07, 6.45) is -0.537. The normalized spacial score (nSPS) is 10.3. The van der Waals surface area contributed by atoms with Gasteiger partial charge in [0.1, 0.15) is 11.4 Å². The maximum absolute atomic E-state index is 13.1. The number of ether oxygens (including phenoxy) is 1. The van der Waals surface area contributed by atoms with Crippen LogP contribution in [-0.4, -0.2) is 18.2 Å². The molecule has 0 spiro atoms. The van der Waals surface area contributed by atoms with Crippen LogP contribution < -0.4 is 11.1 Å². The Labute approximate surface area is 112 Å². The second-order valence-electron chi connectivity index (χ2n) is 4.89. The number of hydrogen-bond acceptors (Lipinski definition) is 3. The number of amides is 1. The average molecular weight is 264 g/mol. The first-order chi connectivity index (χ1) is 8.78. The van der Waals surface area contributed by atoms with E-state index in [9.17, 15) is 9.18 Å². The van der Waals surface area contributed by atoms with Crippen LogP contribution in [0, 0.1) is 17.7 Å². The molecule has 0 unspecified atom stereocenters. The van der Waals surface area contributed by atoms with Gasteiger partial charge in [-0.1, -0.05) is 11.8 Å². The van der Waals surface area contributed by atoms with E-state index in [1.807, 2.05) is 0 Å². The Kier molecular flexibility index (Phi) is 4.76. The Morgan fingerprint density at radius 1 is 1.47 bits per heavy atom. The summed E-state index contributed by atoms with van der Waals surface area (Å²) in [4.78, 5) is 11.3. The standard InChI is InChI=1S/C14H17FN2O2/c1-14(2,3)19-13(18)17-8-4-5-10-6-7-12(16)11(15)9-10/h6-7,9H,8,16H2,1-3H3,(H,17,18). The third-order valence-corrected chi connectivity index (χ3v) is 1.95. The highest BCUT2D eigenvalue weighted by Gasteiger charge is 2.14. The number of anilines is 1. The van der Waals surface area contributed by atoms with Gasteiger partial charge >= 0.3 is 6.09 Å². The number of alkyl carbamates (subject to hydrolysis) is 1. The Balaban J connectivity index is 2.47. The molecule has 3 N–H and O–H groups in total. The molecule has 0 aliphatic heterocycles. The molecular formula is C14H17FN2O2. The van der Waals surface area contributed by atoms with Crippen molar-refractivity contribution in [3.8, 4) is 11.8 Å². The Bertz CT molecular complexity index is 524. The number of rotatable bonds is 1. The minimum Gasteiger partial charge on any atom is -0.444 e. The molecule has 1 aromatic carbocycles. The van der Waals surface area contributed by atoms with E-state index >= 15 is 0 Å². The number of hydrogen-bond donors (Lipinski definition) is 2. The van der Waals surface area contributed by atoms with Gasteiger partial charge in [-0.3, -0.25) is 0 Å². The fourth-order valence-electron chi connectivity index (χ4n) is 1.18. The van der Waals surface area contributed by atoms with Crippen LogP contribution in [0.5, 0.6) is 0 Å². The van der Waals surface area contributed by atoms with Gasteiger partial charge in [0.05, 0.1) is 12.2 Å². The third kappa shape index (κ3) is 5.77.